The lowest BCUT2D eigenvalue weighted by Crippen LogP contribution is -2.59. The molecule has 0 saturated carbocycles. The van der Waals surface area contributed by atoms with E-state index in [0.717, 1.165) is 0 Å². The SMILES string of the molecule is CC(C)CC(N)C(O)CC(=O)N(C(=O)[C@@H](NC(=O)[C@@H](N)CC(C)C)C(C)C)[C@@H](C)C(=O)O. The minimum atomic E-state index is -1.49. The van der Waals surface area contributed by atoms with Gasteiger partial charge in [-0.15, -0.1) is 0 Å². The fourth-order valence-electron chi connectivity index (χ4n) is 3.31. The summed E-state index contributed by atoms with van der Waals surface area (Å²) < 4.78 is 0. The lowest BCUT2D eigenvalue weighted by molar-refractivity contribution is -0.160. The molecular weight excluding hydrogens is 416 g/mol. The van der Waals surface area contributed by atoms with Crippen molar-refractivity contribution in [3.05, 3.63) is 0 Å². The Bertz CT molecular complexity index is 652. The molecule has 0 fully saturated rings. The van der Waals surface area contributed by atoms with Crippen LogP contribution in [0.3, 0.4) is 0 Å². The second-order valence-electron chi connectivity index (χ2n) is 9.65. The fourth-order valence-corrected chi connectivity index (χ4v) is 3.31. The van der Waals surface area contributed by atoms with Crippen LogP contribution in [0.25, 0.3) is 0 Å². The van der Waals surface area contributed by atoms with Gasteiger partial charge in [0.15, 0.2) is 0 Å². The van der Waals surface area contributed by atoms with Crippen molar-refractivity contribution in [3.63, 3.8) is 0 Å². The van der Waals surface area contributed by atoms with Gasteiger partial charge < -0.3 is 27.0 Å². The second-order valence-corrected chi connectivity index (χ2v) is 9.65. The van der Waals surface area contributed by atoms with Gasteiger partial charge in [-0.3, -0.25) is 19.3 Å². The molecule has 32 heavy (non-hydrogen) atoms. The molecule has 0 radical (unpaired) electrons. The smallest absolute Gasteiger partial charge is 0.326 e. The summed E-state index contributed by atoms with van der Waals surface area (Å²) in [6, 6.07) is -4.20. The van der Waals surface area contributed by atoms with E-state index >= 15 is 0 Å². The monoisotopic (exact) mass is 458 g/mol. The first-order chi connectivity index (χ1) is 14.6. The predicted octanol–water partition coefficient (Wildman–Crippen LogP) is 0.453. The highest BCUT2D eigenvalue weighted by Gasteiger charge is 2.39. The maximum absolute atomic E-state index is 13.3. The molecule has 186 valence electrons. The lowest BCUT2D eigenvalue weighted by Gasteiger charge is -2.32. The zero-order valence-electron chi connectivity index (χ0n) is 20.4. The molecule has 0 aromatic rings. The van der Waals surface area contributed by atoms with Crippen LogP contribution in [0.1, 0.15) is 67.7 Å². The maximum atomic E-state index is 13.3. The van der Waals surface area contributed by atoms with Gasteiger partial charge in [0.25, 0.3) is 5.91 Å². The van der Waals surface area contributed by atoms with Crippen molar-refractivity contribution in [1.82, 2.24) is 10.2 Å². The fraction of sp³-hybridized carbons (Fsp3) is 0.818. The molecule has 3 amide bonds. The number of amides is 3. The van der Waals surface area contributed by atoms with Gasteiger partial charge in [0.2, 0.25) is 11.8 Å². The van der Waals surface area contributed by atoms with Crippen molar-refractivity contribution < 1.29 is 29.4 Å². The maximum Gasteiger partial charge on any atom is 0.326 e. The van der Waals surface area contributed by atoms with Crippen LogP contribution in [0.5, 0.6) is 0 Å². The third kappa shape index (κ3) is 9.62. The molecule has 0 heterocycles. The Kier molecular flexibility index (Phi) is 12.6. The Morgan fingerprint density at radius 1 is 0.906 bits per heavy atom. The number of nitrogens with zero attached hydrogens (tertiary/aromatic N) is 1. The van der Waals surface area contributed by atoms with Crippen molar-refractivity contribution in [2.24, 2.45) is 29.2 Å². The minimum Gasteiger partial charge on any atom is -0.480 e. The van der Waals surface area contributed by atoms with Crippen molar-refractivity contribution in [2.45, 2.75) is 98.0 Å². The van der Waals surface area contributed by atoms with Gasteiger partial charge in [-0.05, 0) is 37.5 Å². The summed E-state index contributed by atoms with van der Waals surface area (Å²) >= 11 is 0. The van der Waals surface area contributed by atoms with E-state index in [1.54, 1.807) is 13.8 Å². The highest BCUT2D eigenvalue weighted by molar-refractivity contribution is 6.02. The number of aliphatic hydroxyl groups is 1. The van der Waals surface area contributed by atoms with Crippen molar-refractivity contribution in [1.29, 1.82) is 0 Å². The Balaban J connectivity index is 5.72. The molecule has 2 unspecified atom stereocenters. The van der Waals surface area contributed by atoms with Crippen LogP contribution in [0.2, 0.25) is 0 Å². The molecule has 0 spiro atoms. The predicted molar refractivity (Wildman–Crippen MR) is 121 cm³/mol. The van der Waals surface area contributed by atoms with E-state index in [0.29, 0.717) is 17.7 Å². The van der Waals surface area contributed by atoms with Crippen LogP contribution in [0, 0.1) is 17.8 Å². The topological polar surface area (TPSA) is 176 Å². The summed E-state index contributed by atoms with van der Waals surface area (Å²) in [7, 11) is 0. The summed E-state index contributed by atoms with van der Waals surface area (Å²) in [5, 5.41) is 22.3. The zero-order chi connectivity index (χ0) is 25.3. The summed E-state index contributed by atoms with van der Waals surface area (Å²) in [6.45, 7) is 12.2. The summed E-state index contributed by atoms with van der Waals surface area (Å²) in [6.07, 6.45) is -0.898. The van der Waals surface area contributed by atoms with Crippen molar-refractivity contribution >= 4 is 23.7 Å². The number of rotatable bonds is 13. The number of nitrogens with one attached hydrogen (secondary N) is 1. The van der Waals surface area contributed by atoms with E-state index in [1.807, 2.05) is 27.7 Å². The van der Waals surface area contributed by atoms with Crippen molar-refractivity contribution in [3.8, 4) is 0 Å². The Labute approximate surface area is 191 Å². The van der Waals surface area contributed by atoms with Crippen LogP contribution in [-0.4, -0.2) is 69.1 Å². The number of carboxylic acid groups (broad SMARTS) is 1. The van der Waals surface area contributed by atoms with Gasteiger partial charge in [0, 0.05) is 6.04 Å². The van der Waals surface area contributed by atoms with Crippen LogP contribution in [-0.2, 0) is 19.2 Å². The van der Waals surface area contributed by atoms with Gasteiger partial charge in [-0.1, -0.05) is 41.5 Å². The quantitative estimate of drug-likeness (QED) is 0.264. The van der Waals surface area contributed by atoms with Crippen LogP contribution in [0.4, 0.5) is 0 Å². The number of carbonyl (C=O) groups is 4. The third-order valence-corrected chi connectivity index (χ3v) is 5.16. The largest absolute Gasteiger partial charge is 0.480 e. The van der Waals surface area contributed by atoms with Gasteiger partial charge >= 0.3 is 5.97 Å². The number of carbonyl (C=O) groups excluding carboxylic acids is 3. The Morgan fingerprint density at radius 3 is 1.81 bits per heavy atom. The Hall–Kier alpha value is -2.04. The highest BCUT2D eigenvalue weighted by atomic mass is 16.4. The molecule has 10 nitrogen and oxygen atoms in total. The lowest BCUT2D eigenvalue weighted by atomic mass is 9.96. The van der Waals surface area contributed by atoms with Gasteiger partial charge in [-0.25, -0.2) is 4.79 Å². The first kappa shape index (κ1) is 30.0. The molecular formula is C22H42N4O6. The van der Waals surface area contributed by atoms with E-state index in [1.165, 1.54) is 6.92 Å². The first-order valence-corrected chi connectivity index (χ1v) is 11.2. The first-order valence-electron chi connectivity index (χ1n) is 11.2. The molecule has 0 saturated heterocycles. The summed E-state index contributed by atoms with van der Waals surface area (Å²) in [4.78, 5) is 50.9. The second kappa shape index (κ2) is 13.5. The highest BCUT2D eigenvalue weighted by Crippen LogP contribution is 2.16. The molecule has 0 rings (SSSR count). The third-order valence-electron chi connectivity index (χ3n) is 5.16. The summed E-state index contributed by atoms with van der Waals surface area (Å²) in [5.74, 6) is -3.79. The van der Waals surface area contributed by atoms with Crippen LogP contribution < -0.4 is 16.8 Å². The number of aliphatic hydroxyl groups excluding tert-OH is 1. The molecule has 0 aromatic carbocycles. The van der Waals surface area contributed by atoms with E-state index in [2.05, 4.69) is 5.32 Å². The van der Waals surface area contributed by atoms with Gasteiger partial charge in [-0.2, -0.15) is 0 Å². The van der Waals surface area contributed by atoms with E-state index < -0.39 is 66.3 Å². The Morgan fingerprint density at radius 2 is 1.41 bits per heavy atom. The molecule has 0 aliphatic rings. The number of aliphatic carboxylic acids is 1. The van der Waals surface area contributed by atoms with E-state index in [9.17, 15) is 29.4 Å². The number of nitrogens with two attached hydrogens (primary N) is 2. The van der Waals surface area contributed by atoms with Crippen LogP contribution >= 0.6 is 0 Å². The normalized spacial score (nSPS) is 16.4. The zero-order valence-corrected chi connectivity index (χ0v) is 20.4. The van der Waals surface area contributed by atoms with Crippen LogP contribution in [0.15, 0.2) is 0 Å². The minimum absolute atomic E-state index is 0.158. The molecule has 10 heteroatoms. The average Bonchev–Trinajstić information content (AvgIpc) is 2.63. The molecule has 0 aromatic heterocycles. The van der Waals surface area contributed by atoms with Gasteiger partial charge in [0.05, 0.1) is 18.6 Å². The number of carboxylic acids is 1. The molecule has 5 atom stereocenters. The average molecular weight is 459 g/mol. The molecule has 0 aliphatic carbocycles. The number of hydrogen-bond donors (Lipinski definition) is 5. The molecule has 0 bridgehead atoms. The number of hydrogen-bond acceptors (Lipinski definition) is 7. The van der Waals surface area contributed by atoms with E-state index in [-0.39, 0.29) is 11.8 Å². The molecule has 0 aliphatic heterocycles. The molecule has 7 N–H and O–H groups in total. The summed E-state index contributed by atoms with van der Waals surface area (Å²) in [5.41, 5.74) is 11.8. The van der Waals surface area contributed by atoms with Gasteiger partial charge in [0.1, 0.15) is 12.1 Å². The standard InChI is InChI=1S/C22H42N4O6/c1-11(2)8-15(23)17(27)10-18(28)26(14(7)22(31)32)21(30)19(13(5)6)25-20(29)16(24)9-12(3)4/h11-17,19,27H,8-10,23-24H2,1-7H3,(H,25,29)(H,31,32)/t14-,15?,16-,17?,19-/m0/s1. The van der Waals surface area contributed by atoms with Crippen molar-refractivity contribution in [2.75, 3.05) is 0 Å². The number of imide groups is 1. The van der Waals surface area contributed by atoms with E-state index in [4.69, 9.17) is 11.5 Å².